The van der Waals surface area contributed by atoms with Gasteiger partial charge in [-0.05, 0) is 41.7 Å². The van der Waals surface area contributed by atoms with Crippen molar-refractivity contribution >= 4 is 5.97 Å². The molecular formula is C22H25FO3. The van der Waals surface area contributed by atoms with Gasteiger partial charge >= 0.3 is 5.97 Å². The zero-order valence-corrected chi connectivity index (χ0v) is 15.3. The normalized spacial score (nSPS) is 10.6. The van der Waals surface area contributed by atoms with E-state index in [4.69, 9.17) is 4.74 Å². The van der Waals surface area contributed by atoms with Crippen LogP contribution >= 0.6 is 0 Å². The van der Waals surface area contributed by atoms with Crippen molar-refractivity contribution in [3.8, 4) is 11.1 Å². The Kier molecular flexibility index (Phi) is 7.10. The molecule has 0 spiro atoms. The first-order valence-corrected chi connectivity index (χ1v) is 8.80. The third-order valence-electron chi connectivity index (χ3n) is 4.17. The smallest absolute Gasteiger partial charge is 0.333 e. The SMILES string of the molecule is C=C(C)C(=O)OCCc1cc(CO)ccc1-c1ccc(CCC)cc1F. The quantitative estimate of drug-likeness (QED) is 0.555. The molecule has 0 aliphatic rings. The van der Waals surface area contributed by atoms with Crippen LogP contribution in [0.2, 0.25) is 0 Å². The average Bonchev–Trinajstić information content (AvgIpc) is 2.62. The highest BCUT2D eigenvalue weighted by Crippen LogP contribution is 2.29. The third-order valence-corrected chi connectivity index (χ3v) is 4.17. The summed E-state index contributed by atoms with van der Waals surface area (Å²) in [7, 11) is 0. The Hall–Kier alpha value is -2.46. The lowest BCUT2D eigenvalue weighted by molar-refractivity contribution is -0.138. The van der Waals surface area contributed by atoms with E-state index >= 15 is 0 Å². The number of carbonyl (C=O) groups is 1. The van der Waals surface area contributed by atoms with E-state index in [1.165, 1.54) is 0 Å². The number of halogens is 1. The van der Waals surface area contributed by atoms with E-state index in [2.05, 4.69) is 13.5 Å². The van der Waals surface area contributed by atoms with Crippen molar-refractivity contribution in [3.05, 3.63) is 71.1 Å². The predicted molar refractivity (Wildman–Crippen MR) is 101 cm³/mol. The van der Waals surface area contributed by atoms with Gasteiger partial charge in [0.25, 0.3) is 0 Å². The molecule has 0 aliphatic heterocycles. The predicted octanol–water partition coefficient (Wildman–Crippen LogP) is 4.60. The van der Waals surface area contributed by atoms with Gasteiger partial charge in [0.2, 0.25) is 0 Å². The van der Waals surface area contributed by atoms with Crippen LogP contribution < -0.4 is 0 Å². The number of hydrogen-bond acceptors (Lipinski definition) is 3. The molecule has 2 rings (SSSR count). The molecule has 0 heterocycles. The highest BCUT2D eigenvalue weighted by atomic mass is 19.1. The second-order valence-electron chi connectivity index (χ2n) is 6.38. The van der Waals surface area contributed by atoms with Crippen LogP contribution in [0.25, 0.3) is 11.1 Å². The minimum absolute atomic E-state index is 0.100. The Labute approximate surface area is 154 Å². The molecule has 3 nitrogen and oxygen atoms in total. The lowest BCUT2D eigenvalue weighted by Crippen LogP contribution is -2.09. The van der Waals surface area contributed by atoms with E-state index in [-0.39, 0.29) is 19.0 Å². The van der Waals surface area contributed by atoms with Gasteiger partial charge in [0.1, 0.15) is 5.82 Å². The molecule has 4 heteroatoms. The zero-order valence-electron chi connectivity index (χ0n) is 15.3. The van der Waals surface area contributed by atoms with Crippen LogP contribution in [0, 0.1) is 5.82 Å². The second-order valence-corrected chi connectivity index (χ2v) is 6.38. The molecule has 0 unspecified atom stereocenters. The van der Waals surface area contributed by atoms with Crippen LogP contribution in [0.4, 0.5) is 4.39 Å². The molecule has 0 amide bonds. The number of hydrogen-bond donors (Lipinski definition) is 1. The molecule has 0 saturated heterocycles. The van der Waals surface area contributed by atoms with Crippen molar-refractivity contribution in [1.82, 2.24) is 0 Å². The van der Waals surface area contributed by atoms with Crippen molar-refractivity contribution in [2.75, 3.05) is 6.61 Å². The van der Waals surface area contributed by atoms with Crippen LogP contribution in [0.1, 0.15) is 37.0 Å². The fourth-order valence-electron chi connectivity index (χ4n) is 2.81. The first kappa shape index (κ1) is 19.9. The molecule has 0 aromatic heterocycles. The number of aliphatic hydroxyl groups is 1. The van der Waals surface area contributed by atoms with Gasteiger partial charge in [-0.15, -0.1) is 0 Å². The van der Waals surface area contributed by atoms with Gasteiger partial charge in [0.15, 0.2) is 0 Å². The topological polar surface area (TPSA) is 46.5 Å². The number of aryl methyl sites for hydroxylation is 1. The van der Waals surface area contributed by atoms with Crippen LogP contribution in [-0.2, 0) is 29.0 Å². The third kappa shape index (κ3) is 5.02. The van der Waals surface area contributed by atoms with Crippen LogP contribution in [0.3, 0.4) is 0 Å². The molecule has 0 bridgehead atoms. The first-order chi connectivity index (χ1) is 12.5. The van der Waals surface area contributed by atoms with Gasteiger partial charge in [-0.3, -0.25) is 0 Å². The standard InChI is InChI=1S/C22H25FO3/c1-4-5-16-6-9-20(21(23)13-16)19-8-7-17(14-24)12-18(19)10-11-26-22(25)15(2)3/h6-9,12-13,24H,2,4-5,10-11,14H2,1,3H3. The van der Waals surface area contributed by atoms with Crippen molar-refractivity contribution in [3.63, 3.8) is 0 Å². The van der Waals surface area contributed by atoms with Crippen LogP contribution in [-0.4, -0.2) is 17.7 Å². The molecule has 0 fully saturated rings. The lowest BCUT2D eigenvalue weighted by atomic mass is 9.94. The minimum atomic E-state index is -0.444. The van der Waals surface area contributed by atoms with E-state index in [1.54, 1.807) is 31.2 Å². The summed E-state index contributed by atoms with van der Waals surface area (Å²) in [4.78, 5) is 11.5. The van der Waals surface area contributed by atoms with Crippen molar-refractivity contribution in [1.29, 1.82) is 0 Å². The number of rotatable bonds is 8. The van der Waals surface area contributed by atoms with Crippen molar-refractivity contribution in [2.24, 2.45) is 0 Å². The first-order valence-electron chi connectivity index (χ1n) is 8.80. The molecule has 2 aromatic rings. The Morgan fingerprint density at radius 2 is 1.81 bits per heavy atom. The Morgan fingerprint density at radius 3 is 2.42 bits per heavy atom. The summed E-state index contributed by atoms with van der Waals surface area (Å²) in [6, 6.07) is 10.7. The summed E-state index contributed by atoms with van der Waals surface area (Å²) in [5, 5.41) is 9.39. The summed E-state index contributed by atoms with van der Waals surface area (Å²) in [5.41, 5.74) is 4.13. The summed E-state index contributed by atoms with van der Waals surface area (Å²) in [6.07, 6.45) is 2.23. The molecule has 138 valence electrons. The summed E-state index contributed by atoms with van der Waals surface area (Å²) >= 11 is 0. The van der Waals surface area contributed by atoms with Crippen LogP contribution in [0.5, 0.6) is 0 Å². The van der Waals surface area contributed by atoms with E-state index in [0.29, 0.717) is 17.6 Å². The highest BCUT2D eigenvalue weighted by molar-refractivity contribution is 5.86. The molecule has 0 atom stereocenters. The number of esters is 1. The highest BCUT2D eigenvalue weighted by Gasteiger charge is 2.12. The molecule has 1 N–H and O–H groups in total. The second kappa shape index (κ2) is 9.30. The monoisotopic (exact) mass is 356 g/mol. The van der Waals surface area contributed by atoms with Crippen molar-refractivity contribution < 1.29 is 19.0 Å². The molecular weight excluding hydrogens is 331 g/mol. The van der Waals surface area contributed by atoms with Gasteiger partial charge in [-0.25, -0.2) is 9.18 Å². The van der Waals surface area contributed by atoms with E-state index < -0.39 is 5.97 Å². The van der Waals surface area contributed by atoms with Gasteiger partial charge in [0.05, 0.1) is 13.2 Å². The van der Waals surface area contributed by atoms with Gasteiger partial charge in [0, 0.05) is 17.6 Å². The van der Waals surface area contributed by atoms with Crippen molar-refractivity contribution in [2.45, 2.75) is 39.7 Å². The maximum Gasteiger partial charge on any atom is 0.333 e. The maximum atomic E-state index is 14.6. The largest absolute Gasteiger partial charge is 0.462 e. The van der Waals surface area contributed by atoms with Gasteiger partial charge in [-0.1, -0.05) is 50.3 Å². The van der Waals surface area contributed by atoms with E-state index in [9.17, 15) is 14.3 Å². The summed E-state index contributed by atoms with van der Waals surface area (Å²) < 4.78 is 19.8. The lowest BCUT2D eigenvalue weighted by Gasteiger charge is -2.13. The Balaban J connectivity index is 2.30. The maximum absolute atomic E-state index is 14.6. The molecule has 0 saturated carbocycles. The number of aliphatic hydroxyl groups excluding tert-OH is 1. The minimum Gasteiger partial charge on any atom is -0.462 e. The van der Waals surface area contributed by atoms with Gasteiger partial charge < -0.3 is 9.84 Å². The summed E-state index contributed by atoms with van der Waals surface area (Å²) in [6.45, 7) is 7.27. The molecule has 2 aromatic carbocycles. The molecule has 0 radical (unpaired) electrons. The number of carbonyl (C=O) groups excluding carboxylic acids is 1. The fourth-order valence-corrected chi connectivity index (χ4v) is 2.81. The van der Waals surface area contributed by atoms with Gasteiger partial charge in [-0.2, -0.15) is 0 Å². The Morgan fingerprint density at radius 1 is 1.12 bits per heavy atom. The number of ether oxygens (including phenoxy) is 1. The van der Waals surface area contributed by atoms with Crippen LogP contribution in [0.15, 0.2) is 48.6 Å². The van der Waals surface area contributed by atoms with E-state index in [0.717, 1.165) is 35.1 Å². The van der Waals surface area contributed by atoms with E-state index in [1.807, 2.05) is 12.1 Å². The fraction of sp³-hybridized carbons (Fsp3) is 0.318. The Bertz CT molecular complexity index is 796. The average molecular weight is 356 g/mol. The molecule has 0 aliphatic carbocycles. The number of benzene rings is 2. The zero-order chi connectivity index (χ0) is 19.1. The summed E-state index contributed by atoms with van der Waals surface area (Å²) in [5.74, 6) is -0.715. The molecule has 26 heavy (non-hydrogen) atoms.